The Morgan fingerprint density at radius 1 is 0.968 bits per heavy atom. The molecule has 31 heavy (non-hydrogen) atoms. The van der Waals surface area contributed by atoms with Crippen LogP contribution >= 0.6 is 11.6 Å². The summed E-state index contributed by atoms with van der Waals surface area (Å²) in [5.74, 6) is -0.734. The lowest BCUT2D eigenvalue weighted by Gasteiger charge is -2.35. The van der Waals surface area contributed by atoms with Gasteiger partial charge in [0.1, 0.15) is 0 Å². The fourth-order valence-corrected chi connectivity index (χ4v) is 3.65. The van der Waals surface area contributed by atoms with Gasteiger partial charge in [-0.15, -0.1) is 0 Å². The van der Waals surface area contributed by atoms with Crippen molar-refractivity contribution in [1.82, 2.24) is 15.1 Å². The average Bonchev–Trinajstić information content (AvgIpc) is 2.76. The largest absolute Gasteiger partial charge is 0.417 e. The van der Waals surface area contributed by atoms with E-state index in [0.29, 0.717) is 44.3 Å². The summed E-state index contributed by atoms with van der Waals surface area (Å²) in [5.41, 5.74) is -0.413. The molecule has 1 N–H and O–H groups in total. The maximum Gasteiger partial charge on any atom is 0.417 e. The Morgan fingerprint density at radius 3 is 2.29 bits per heavy atom. The minimum atomic E-state index is -4.58. The highest BCUT2D eigenvalue weighted by Gasteiger charge is 2.36. The molecule has 1 saturated heterocycles. The van der Waals surface area contributed by atoms with E-state index >= 15 is 0 Å². The van der Waals surface area contributed by atoms with Crippen molar-refractivity contribution in [3.05, 3.63) is 70.2 Å². The summed E-state index contributed by atoms with van der Waals surface area (Å²) in [5, 5.41) is 3.42. The maximum atomic E-state index is 13.2. The molecule has 0 radical (unpaired) electrons. The molecule has 0 spiro atoms. The first-order chi connectivity index (χ1) is 14.8. The van der Waals surface area contributed by atoms with Crippen LogP contribution in [0.4, 0.5) is 13.2 Å². The Labute approximate surface area is 183 Å². The van der Waals surface area contributed by atoms with Crippen LogP contribution < -0.4 is 5.32 Å². The van der Waals surface area contributed by atoms with Gasteiger partial charge in [0.05, 0.1) is 11.1 Å². The van der Waals surface area contributed by atoms with Crippen molar-refractivity contribution < 1.29 is 22.8 Å². The summed E-state index contributed by atoms with van der Waals surface area (Å²) in [7, 11) is 0. The zero-order chi connectivity index (χ0) is 22.4. The fourth-order valence-electron chi connectivity index (χ4n) is 3.45. The Kier molecular flexibility index (Phi) is 7.56. The number of halogens is 4. The fraction of sp³-hybridized carbons (Fsp3) is 0.364. The van der Waals surface area contributed by atoms with E-state index in [1.165, 1.54) is 23.1 Å². The summed E-state index contributed by atoms with van der Waals surface area (Å²) in [6.07, 6.45) is -4.29. The normalized spacial score (nSPS) is 15.0. The van der Waals surface area contributed by atoms with Crippen molar-refractivity contribution in [3.8, 4) is 0 Å². The van der Waals surface area contributed by atoms with Crippen molar-refractivity contribution in [2.24, 2.45) is 0 Å². The van der Waals surface area contributed by atoms with Crippen molar-refractivity contribution >= 4 is 23.4 Å². The third-order valence-corrected chi connectivity index (χ3v) is 5.58. The molecule has 1 fully saturated rings. The number of hydrogen-bond donors (Lipinski definition) is 1. The predicted octanol–water partition coefficient (Wildman–Crippen LogP) is 3.82. The zero-order valence-electron chi connectivity index (χ0n) is 16.8. The number of rotatable bonds is 6. The van der Waals surface area contributed by atoms with Crippen LogP contribution in [0.2, 0.25) is 5.02 Å². The van der Waals surface area contributed by atoms with Gasteiger partial charge in [0.15, 0.2) is 0 Å². The van der Waals surface area contributed by atoms with Crippen LogP contribution in [0.1, 0.15) is 27.9 Å². The molecule has 0 bridgehead atoms. The highest BCUT2D eigenvalue weighted by atomic mass is 35.5. The molecular weight excluding hydrogens is 431 g/mol. The van der Waals surface area contributed by atoms with Crippen LogP contribution in [0.3, 0.4) is 0 Å². The molecule has 1 heterocycles. The minimum absolute atomic E-state index is 0.113. The smallest absolute Gasteiger partial charge is 0.352 e. The molecule has 2 aromatic rings. The first kappa shape index (κ1) is 23.1. The van der Waals surface area contributed by atoms with E-state index in [4.69, 9.17) is 11.6 Å². The number of nitrogens with one attached hydrogen (secondary N) is 1. The molecule has 0 saturated carbocycles. The van der Waals surface area contributed by atoms with Gasteiger partial charge in [-0.2, -0.15) is 13.2 Å². The van der Waals surface area contributed by atoms with Crippen LogP contribution in [0.25, 0.3) is 0 Å². The van der Waals surface area contributed by atoms with Crippen LogP contribution in [0, 0.1) is 0 Å². The molecule has 166 valence electrons. The van der Waals surface area contributed by atoms with Crippen LogP contribution in [0.15, 0.2) is 48.5 Å². The SMILES string of the molecule is O=C(CCN1CCN(C(=O)c2ccccc2C(F)(F)F)CC1)NCc1ccccc1Cl. The second-order valence-corrected chi connectivity index (χ2v) is 7.70. The summed E-state index contributed by atoms with van der Waals surface area (Å²) >= 11 is 6.07. The van der Waals surface area contributed by atoms with Crippen molar-refractivity contribution in [2.45, 2.75) is 19.1 Å². The van der Waals surface area contributed by atoms with E-state index in [1.807, 2.05) is 23.1 Å². The minimum Gasteiger partial charge on any atom is -0.352 e. The summed E-state index contributed by atoms with van der Waals surface area (Å²) in [6.45, 7) is 2.48. The number of hydrogen-bond acceptors (Lipinski definition) is 3. The number of carbonyl (C=O) groups is 2. The van der Waals surface area contributed by atoms with Gasteiger partial charge >= 0.3 is 6.18 Å². The summed E-state index contributed by atoms with van der Waals surface area (Å²) in [6, 6.07) is 12.1. The molecule has 0 aromatic heterocycles. The maximum absolute atomic E-state index is 13.2. The van der Waals surface area contributed by atoms with E-state index in [1.54, 1.807) is 6.07 Å². The standard InChI is InChI=1S/C22H23ClF3N3O2/c23-19-8-4-1-5-16(19)15-27-20(30)9-10-28-11-13-29(14-12-28)21(31)17-6-2-3-7-18(17)22(24,25)26/h1-8H,9-15H2,(H,27,30). The van der Waals surface area contributed by atoms with Crippen molar-refractivity contribution in [1.29, 1.82) is 0 Å². The van der Waals surface area contributed by atoms with Crippen molar-refractivity contribution in [3.63, 3.8) is 0 Å². The van der Waals surface area contributed by atoms with Gasteiger partial charge in [0.2, 0.25) is 5.91 Å². The molecule has 0 aliphatic carbocycles. The number of benzene rings is 2. The first-order valence-electron chi connectivity index (χ1n) is 9.93. The predicted molar refractivity (Wildman–Crippen MR) is 112 cm³/mol. The lowest BCUT2D eigenvalue weighted by atomic mass is 10.1. The molecule has 0 atom stereocenters. The van der Waals surface area contributed by atoms with Gasteiger partial charge in [-0.3, -0.25) is 14.5 Å². The van der Waals surface area contributed by atoms with E-state index in [2.05, 4.69) is 5.32 Å². The molecule has 2 aromatic carbocycles. The molecule has 3 rings (SSSR count). The number of carbonyl (C=O) groups excluding carboxylic acids is 2. The highest BCUT2D eigenvalue weighted by molar-refractivity contribution is 6.31. The van der Waals surface area contributed by atoms with Gasteiger partial charge in [0, 0.05) is 50.7 Å². The number of nitrogens with zero attached hydrogens (tertiary/aromatic N) is 2. The molecule has 0 unspecified atom stereocenters. The quantitative estimate of drug-likeness (QED) is 0.723. The molecule has 5 nitrogen and oxygen atoms in total. The Morgan fingerprint density at radius 2 is 1.61 bits per heavy atom. The third kappa shape index (κ3) is 6.21. The first-order valence-corrected chi connectivity index (χ1v) is 10.3. The third-order valence-electron chi connectivity index (χ3n) is 5.21. The van der Waals surface area contributed by atoms with Crippen LogP contribution in [-0.2, 0) is 17.5 Å². The highest BCUT2D eigenvalue weighted by Crippen LogP contribution is 2.32. The van der Waals surface area contributed by atoms with Crippen molar-refractivity contribution in [2.75, 3.05) is 32.7 Å². The number of amides is 2. The monoisotopic (exact) mass is 453 g/mol. The van der Waals surface area contributed by atoms with Gasteiger partial charge in [-0.25, -0.2) is 0 Å². The number of alkyl halides is 3. The summed E-state index contributed by atoms with van der Waals surface area (Å²) < 4.78 is 39.5. The molecular formula is C22H23ClF3N3O2. The molecule has 2 amide bonds. The van der Waals surface area contributed by atoms with Gasteiger partial charge in [-0.05, 0) is 23.8 Å². The van der Waals surface area contributed by atoms with E-state index in [9.17, 15) is 22.8 Å². The van der Waals surface area contributed by atoms with Crippen LogP contribution in [0.5, 0.6) is 0 Å². The zero-order valence-corrected chi connectivity index (χ0v) is 17.5. The Balaban J connectivity index is 1.45. The van der Waals surface area contributed by atoms with Gasteiger partial charge in [0.25, 0.3) is 5.91 Å². The second kappa shape index (κ2) is 10.2. The Bertz CT molecular complexity index is 928. The lowest BCUT2D eigenvalue weighted by molar-refractivity contribution is -0.138. The molecule has 1 aliphatic rings. The van der Waals surface area contributed by atoms with E-state index < -0.39 is 17.6 Å². The van der Waals surface area contributed by atoms with E-state index in [0.717, 1.165) is 11.6 Å². The van der Waals surface area contributed by atoms with E-state index in [-0.39, 0.29) is 17.9 Å². The Hall–Kier alpha value is -2.58. The van der Waals surface area contributed by atoms with Crippen LogP contribution in [-0.4, -0.2) is 54.3 Å². The summed E-state index contributed by atoms with van der Waals surface area (Å²) in [4.78, 5) is 28.2. The topological polar surface area (TPSA) is 52.7 Å². The average molecular weight is 454 g/mol. The lowest BCUT2D eigenvalue weighted by Crippen LogP contribution is -2.49. The molecule has 9 heteroatoms. The van der Waals surface area contributed by atoms with Gasteiger partial charge < -0.3 is 10.2 Å². The second-order valence-electron chi connectivity index (χ2n) is 7.30. The van der Waals surface area contributed by atoms with Gasteiger partial charge in [-0.1, -0.05) is 41.9 Å². The molecule has 1 aliphatic heterocycles. The number of piperazine rings is 1.